The van der Waals surface area contributed by atoms with Crippen LogP contribution in [0, 0.1) is 23.7 Å². The third-order valence-electron chi connectivity index (χ3n) is 7.58. The maximum absolute atomic E-state index is 12.7. The van der Waals surface area contributed by atoms with Gasteiger partial charge in [0.1, 0.15) is 0 Å². The van der Waals surface area contributed by atoms with Gasteiger partial charge in [-0.2, -0.15) is 0 Å². The van der Waals surface area contributed by atoms with E-state index < -0.39 is 0 Å². The number of amides is 2. The standard InChI is InChI=1S/C22H26N4O/c27-22(25-21-15-6-13-5-14(8-15)9-16(21)7-13)24-11-20-18-4-2-1-3-17(18)19-10-23-12-26(19)20/h1-4,10,12-16,20-21H,5-9,11H2,(H2,24,25,27). The molecule has 4 fully saturated rings. The van der Waals surface area contributed by atoms with Crippen LogP contribution in [0.5, 0.6) is 0 Å². The summed E-state index contributed by atoms with van der Waals surface area (Å²) in [5.41, 5.74) is 3.63. The molecule has 5 nitrogen and oxygen atoms in total. The molecule has 4 bridgehead atoms. The number of carbonyl (C=O) groups is 1. The van der Waals surface area contributed by atoms with E-state index in [9.17, 15) is 4.79 Å². The van der Waals surface area contributed by atoms with Crippen LogP contribution in [-0.4, -0.2) is 28.2 Å². The first-order chi connectivity index (χ1) is 13.3. The summed E-state index contributed by atoms with van der Waals surface area (Å²) in [6.07, 6.45) is 10.5. The predicted octanol–water partition coefficient (Wildman–Crippen LogP) is 3.58. The number of nitrogens with zero attached hydrogens (tertiary/aromatic N) is 2. The van der Waals surface area contributed by atoms with Gasteiger partial charge >= 0.3 is 6.03 Å². The van der Waals surface area contributed by atoms with Crippen molar-refractivity contribution in [1.29, 1.82) is 0 Å². The van der Waals surface area contributed by atoms with E-state index in [0.29, 0.717) is 24.4 Å². The summed E-state index contributed by atoms with van der Waals surface area (Å²) in [5.74, 6) is 3.28. The molecule has 2 aromatic rings. The number of imidazole rings is 1. The van der Waals surface area contributed by atoms with E-state index in [1.807, 2.05) is 12.5 Å². The molecule has 4 saturated carbocycles. The molecule has 140 valence electrons. The molecule has 1 aliphatic heterocycles. The molecule has 5 heteroatoms. The van der Waals surface area contributed by atoms with Crippen molar-refractivity contribution >= 4 is 6.03 Å². The van der Waals surface area contributed by atoms with Crippen molar-refractivity contribution in [2.75, 3.05) is 6.54 Å². The number of aromatic nitrogens is 2. The van der Waals surface area contributed by atoms with Gasteiger partial charge in [-0.3, -0.25) is 0 Å². The van der Waals surface area contributed by atoms with Gasteiger partial charge in [-0.05, 0) is 61.3 Å². The summed E-state index contributed by atoms with van der Waals surface area (Å²) >= 11 is 0. The predicted molar refractivity (Wildman–Crippen MR) is 103 cm³/mol. The van der Waals surface area contributed by atoms with E-state index in [1.54, 1.807) is 0 Å². The molecule has 2 N–H and O–H groups in total. The molecule has 27 heavy (non-hydrogen) atoms. The molecule has 1 unspecified atom stereocenters. The molecule has 0 radical (unpaired) electrons. The van der Waals surface area contributed by atoms with Crippen molar-refractivity contribution in [3.8, 4) is 11.3 Å². The van der Waals surface area contributed by atoms with Crippen LogP contribution < -0.4 is 10.6 Å². The highest BCUT2D eigenvalue weighted by molar-refractivity contribution is 5.75. The molecule has 1 aromatic carbocycles. The molecule has 4 aliphatic carbocycles. The second-order valence-electron chi connectivity index (χ2n) is 9.10. The summed E-state index contributed by atoms with van der Waals surface area (Å²) in [5, 5.41) is 6.51. The molecule has 5 aliphatic rings. The lowest BCUT2D eigenvalue weighted by Crippen LogP contribution is -2.57. The minimum absolute atomic E-state index is 0.00137. The van der Waals surface area contributed by atoms with Crippen LogP contribution in [-0.2, 0) is 0 Å². The number of nitrogens with one attached hydrogen (secondary N) is 2. The van der Waals surface area contributed by atoms with Crippen LogP contribution >= 0.6 is 0 Å². The SMILES string of the molecule is O=C(NCC1c2ccccc2-c2cncn21)NC1C2CC3CC(C2)CC1C3. The van der Waals surface area contributed by atoms with E-state index in [-0.39, 0.29) is 12.1 Å². The zero-order valence-corrected chi connectivity index (χ0v) is 15.5. The summed E-state index contributed by atoms with van der Waals surface area (Å²) in [6, 6.07) is 8.94. The molecule has 2 amide bonds. The monoisotopic (exact) mass is 362 g/mol. The third kappa shape index (κ3) is 2.43. The normalized spacial score (nSPS) is 35.0. The topological polar surface area (TPSA) is 59.0 Å². The molecule has 2 heterocycles. The Labute approximate surface area is 159 Å². The zero-order valence-electron chi connectivity index (χ0n) is 15.5. The van der Waals surface area contributed by atoms with Gasteiger partial charge in [0.05, 0.1) is 24.3 Å². The maximum atomic E-state index is 12.7. The van der Waals surface area contributed by atoms with Crippen molar-refractivity contribution in [1.82, 2.24) is 20.2 Å². The van der Waals surface area contributed by atoms with Gasteiger partial charge in [0.25, 0.3) is 0 Å². The van der Waals surface area contributed by atoms with Gasteiger partial charge < -0.3 is 15.2 Å². The summed E-state index contributed by atoms with van der Waals surface area (Å²) in [7, 11) is 0. The fourth-order valence-electron chi connectivity index (χ4n) is 6.69. The van der Waals surface area contributed by atoms with Crippen LogP contribution in [0.4, 0.5) is 4.79 Å². The van der Waals surface area contributed by atoms with E-state index in [1.165, 1.54) is 43.2 Å². The Morgan fingerprint density at radius 1 is 1.07 bits per heavy atom. The minimum Gasteiger partial charge on any atom is -0.336 e. The van der Waals surface area contributed by atoms with Crippen molar-refractivity contribution in [2.24, 2.45) is 23.7 Å². The number of rotatable bonds is 3. The quantitative estimate of drug-likeness (QED) is 0.877. The van der Waals surface area contributed by atoms with Gasteiger partial charge in [0.2, 0.25) is 0 Å². The largest absolute Gasteiger partial charge is 0.336 e. The summed E-state index contributed by atoms with van der Waals surface area (Å²) < 4.78 is 2.17. The highest BCUT2D eigenvalue weighted by Gasteiger charge is 2.48. The Balaban J connectivity index is 1.14. The lowest BCUT2D eigenvalue weighted by atomic mass is 9.54. The van der Waals surface area contributed by atoms with Crippen LogP contribution in [0.3, 0.4) is 0 Å². The number of hydrogen-bond acceptors (Lipinski definition) is 2. The van der Waals surface area contributed by atoms with Gasteiger partial charge in [0.15, 0.2) is 0 Å². The van der Waals surface area contributed by atoms with Gasteiger partial charge in [0, 0.05) is 18.2 Å². The summed E-state index contributed by atoms with van der Waals surface area (Å²) in [6.45, 7) is 0.597. The Morgan fingerprint density at radius 3 is 2.59 bits per heavy atom. The molecular formula is C22H26N4O. The van der Waals surface area contributed by atoms with Crippen LogP contribution in [0.2, 0.25) is 0 Å². The van der Waals surface area contributed by atoms with Crippen LogP contribution in [0.1, 0.15) is 43.7 Å². The van der Waals surface area contributed by atoms with Gasteiger partial charge in [-0.15, -0.1) is 0 Å². The number of benzene rings is 1. The van der Waals surface area contributed by atoms with Crippen molar-refractivity contribution < 1.29 is 4.79 Å². The number of hydrogen-bond donors (Lipinski definition) is 2. The average molecular weight is 362 g/mol. The van der Waals surface area contributed by atoms with E-state index >= 15 is 0 Å². The van der Waals surface area contributed by atoms with Crippen molar-refractivity contribution in [3.05, 3.63) is 42.4 Å². The van der Waals surface area contributed by atoms with Crippen LogP contribution in [0.15, 0.2) is 36.8 Å². The highest BCUT2D eigenvalue weighted by Crippen LogP contribution is 2.53. The Hall–Kier alpha value is -2.30. The average Bonchev–Trinajstić information content (AvgIpc) is 3.24. The number of urea groups is 1. The Bertz CT molecular complexity index is 860. The van der Waals surface area contributed by atoms with Crippen molar-refractivity contribution in [3.63, 3.8) is 0 Å². The first-order valence-corrected chi connectivity index (χ1v) is 10.4. The fourth-order valence-corrected chi connectivity index (χ4v) is 6.69. The van der Waals surface area contributed by atoms with E-state index in [4.69, 9.17) is 0 Å². The molecule has 0 spiro atoms. The van der Waals surface area contributed by atoms with Gasteiger partial charge in [-0.1, -0.05) is 24.3 Å². The fraction of sp³-hybridized carbons (Fsp3) is 0.545. The number of carbonyl (C=O) groups excluding carboxylic acids is 1. The lowest BCUT2D eigenvalue weighted by Gasteiger charge is -2.54. The minimum atomic E-state index is -0.00137. The van der Waals surface area contributed by atoms with Crippen molar-refractivity contribution in [2.45, 2.75) is 44.2 Å². The second-order valence-corrected chi connectivity index (χ2v) is 9.10. The smallest absolute Gasteiger partial charge is 0.315 e. The Kier molecular flexibility index (Phi) is 3.41. The lowest BCUT2D eigenvalue weighted by molar-refractivity contribution is -0.00942. The third-order valence-corrected chi connectivity index (χ3v) is 7.58. The zero-order chi connectivity index (χ0) is 18.0. The van der Waals surface area contributed by atoms with Gasteiger partial charge in [-0.25, -0.2) is 9.78 Å². The van der Waals surface area contributed by atoms with Crippen LogP contribution in [0.25, 0.3) is 11.3 Å². The summed E-state index contributed by atoms with van der Waals surface area (Å²) in [4.78, 5) is 17.0. The molecular weight excluding hydrogens is 336 g/mol. The molecule has 7 rings (SSSR count). The highest BCUT2D eigenvalue weighted by atomic mass is 16.2. The second kappa shape index (κ2) is 5.85. The first kappa shape index (κ1) is 15.7. The maximum Gasteiger partial charge on any atom is 0.315 e. The molecule has 1 aromatic heterocycles. The molecule has 0 saturated heterocycles. The Morgan fingerprint density at radius 2 is 1.81 bits per heavy atom. The van der Waals surface area contributed by atoms with E-state index in [2.05, 4.69) is 44.5 Å². The first-order valence-electron chi connectivity index (χ1n) is 10.4. The molecule has 1 atom stereocenters. The number of fused-ring (bicyclic) bond motifs is 3. The van der Waals surface area contributed by atoms with E-state index in [0.717, 1.165) is 17.5 Å².